The van der Waals surface area contributed by atoms with E-state index in [0.29, 0.717) is 30.1 Å². The van der Waals surface area contributed by atoms with Gasteiger partial charge < -0.3 is 10.2 Å². The summed E-state index contributed by atoms with van der Waals surface area (Å²) in [6.07, 6.45) is 3.18. The fourth-order valence-electron chi connectivity index (χ4n) is 3.43. The second-order valence-electron chi connectivity index (χ2n) is 6.67. The third-order valence-corrected chi connectivity index (χ3v) is 5.14. The maximum Gasteiger partial charge on any atom is 0.254 e. The van der Waals surface area contributed by atoms with E-state index in [1.807, 2.05) is 24.3 Å². The van der Waals surface area contributed by atoms with E-state index in [1.165, 1.54) is 0 Å². The number of likely N-dealkylation sites (tertiary alicyclic amines) is 1. The molecule has 1 atom stereocenters. The molecule has 2 aromatic carbocycles. The van der Waals surface area contributed by atoms with Gasteiger partial charge in [0.15, 0.2) is 0 Å². The summed E-state index contributed by atoms with van der Waals surface area (Å²) in [4.78, 5) is 27.3. The van der Waals surface area contributed by atoms with Crippen LogP contribution in [0.2, 0.25) is 5.02 Å². The van der Waals surface area contributed by atoms with Crippen LogP contribution in [-0.4, -0.2) is 39.5 Å². The standard InChI is InChI=1S/C20H19ClN4O2/c21-16-6-3-13(4-7-16)11-22-19(26)18-2-1-9-25(18)20(27)14-5-8-17-15(10-14)12-23-24-17/h3-8,10,12,18H,1-2,9,11H2,(H,22,26)(H,23,24)/t18-/m0/s1. The summed E-state index contributed by atoms with van der Waals surface area (Å²) in [5.41, 5.74) is 2.42. The molecule has 3 aromatic rings. The molecule has 2 amide bonds. The zero-order chi connectivity index (χ0) is 18.8. The first-order chi connectivity index (χ1) is 13.1. The first-order valence-corrected chi connectivity index (χ1v) is 9.26. The van der Waals surface area contributed by atoms with Gasteiger partial charge in [-0.3, -0.25) is 14.7 Å². The molecule has 1 aliphatic rings. The summed E-state index contributed by atoms with van der Waals surface area (Å²) in [5.74, 6) is -0.248. The Morgan fingerprint density at radius 2 is 2.04 bits per heavy atom. The second-order valence-corrected chi connectivity index (χ2v) is 7.11. The van der Waals surface area contributed by atoms with Crippen molar-refractivity contribution >= 4 is 34.3 Å². The molecule has 1 saturated heterocycles. The molecule has 1 fully saturated rings. The highest BCUT2D eigenvalue weighted by molar-refractivity contribution is 6.30. The number of carbonyl (C=O) groups is 2. The van der Waals surface area contributed by atoms with Crippen molar-refractivity contribution in [3.8, 4) is 0 Å². The zero-order valence-electron chi connectivity index (χ0n) is 14.6. The largest absolute Gasteiger partial charge is 0.350 e. The highest BCUT2D eigenvalue weighted by atomic mass is 35.5. The number of halogens is 1. The molecule has 0 saturated carbocycles. The van der Waals surface area contributed by atoms with Crippen molar-refractivity contribution in [3.05, 3.63) is 64.8 Å². The number of hydrogen-bond acceptors (Lipinski definition) is 3. The highest BCUT2D eigenvalue weighted by Gasteiger charge is 2.34. The fourth-order valence-corrected chi connectivity index (χ4v) is 3.56. The van der Waals surface area contributed by atoms with Gasteiger partial charge in [0, 0.05) is 29.1 Å². The van der Waals surface area contributed by atoms with Gasteiger partial charge in [-0.2, -0.15) is 5.10 Å². The lowest BCUT2D eigenvalue weighted by Gasteiger charge is -2.24. The number of amides is 2. The summed E-state index contributed by atoms with van der Waals surface area (Å²) < 4.78 is 0. The van der Waals surface area contributed by atoms with Gasteiger partial charge in [0.25, 0.3) is 5.91 Å². The number of nitrogens with one attached hydrogen (secondary N) is 2. The van der Waals surface area contributed by atoms with Gasteiger partial charge in [0.05, 0.1) is 11.7 Å². The van der Waals surface area contributed by atoms with E-state index >= 15 is 0 Å². The van der Waals surface area contributed by atoms with E-state index in [9.17, 15) is 9.59 Å². The quantitative estimate of drug-likeness (QED) is 0.727. The minimum Gasteiger partial charge on any atom is -0.350 e. The number of fused-ring (bicyclic) bond motifs is 1. The Labute approximate surface area is 161 Å². The van der Waals surface area contributed by atoms with E-state index in [4.69, 9.17) is 11.6 Å². The highest BCUT2D eigenvalue weighted by Crippen LogP contribution is 2.22. The van der Waals surface area contributed by atoms with E-state index in [1.54, 1.807) is 29.3 Å². The molecule has 0 radical (unpaired) electrons. The fraction of sp³-hybridized carbons (Fsp3) is 0.250. The van der Waals surface area contributed by atoms with Crippen molar-refractivity contribution in [2.45, 2.75) is 25.4 Å². The third kappa shape index (κ3) is 3.66. The van der Waals surface area contributed by atoms with Crippen LogP contribution in [-0.2, 0) is 11.3 Å². The van der Waals surface area contributed by atoms with Crippen LogP contribution in [0.25, 0.3) is 10.9 Å². The van der Waals surface area contributed by atoms with Crippen molar-refractivity contribution in [2.24, 2.45) is 0 Å². The topological polar surface area (TPSA) is 78.1 Å². The number of benzene rings is 2. The summed E-state index contributed by atoms with van der Waals surface area (Å²) >= 11 is 5.88. The average molecular weight is 383 g/mol. The second kappa shape index (κ2) is 7.40. The van der Waals surface area contributed by atoms with Gasteiger partial charge in [-0.05, 0) is 48.7 Å². The van der Waals surface area contributed by atoms with Gasteiger partial charge >= 0.3 is 0 Å². The summed E-state index contributed by atoms with van der Waals surface area (Å²) in [5, 5.41) is 11.3. The summed E-state index contributed by atoms with van der Waals surface area (Å²) in [6, 6.07) is 12.3. The predicted molar refractivity (Wildman–Crippen MR) is 103 cm³/mol. The smallest absolute Gasteiger partial charge is 0.254 e. The molecule has 138 valence electrons. The average Bonchev–Trinajstić information content (AvgIpc) is 3.35. The molecule has 0 bridgehead atoms. The van der Waals surface area contributed by atoms with Crippen LogP contribution in [0.15, 0.2) is 48.7 Å². The van der Waals surface area contributed by atoms with Crippen LogP contribution < -0.4 is 5.32 Å². The normalized spacial score (nSPS) is 16.6. The number of aromatic nitrogens is 2. The van der Waals surface area contributed by atoms with Crippen LogP contribution in [0.3, 0.4) is 0 Å². The van der Waals surface area contributed by atoms with E-state index in [-0.39, 0.29) is 11.8 Å². The van der Waals surface area contributed by atoms with Crippen LogP contribution >= 0.6 is 11.6 Å². The lowest BCUT2D eigenvalue weighted by atomic mass is 10.1. The van der Waals surface area contributed by atoms with Crippen molar-refractivity contribution in [1.82, 2.24) is 20.4 Å². The Kier molecular flexibility index (Phi) is 4.81. The molecule has 4 rings (SSSR count). The van der Waals surface area contributed by atoms with Crippen LogP contribution in [0.4, 0.5) is 0 Å². The summed E-state index contributed by atoms with van der Waals surface area (Å²) in [7, 11) is 0. The minimum absolute atomic E-state index is 0.123. The first kappa shape index (κ1) is 17.5. The van der Waals surface area contributed by atoms with Crippen LogP contribution in [0, 0.1) is 0 Å². The molecule has 1 aromatic heterocycles. The van der Waals surface area contributed by atoms with Gasteiger partial charge in [-0.25, -0.2) is 0 Å². The van der Waals surface area contributed by atoms with E-state index < -0.39 is 6.04 Å². The van der Waals surface area contributed by atoms with E-state index in [0.717, 1.165) is 22.9 Å². The third-order valence-electron chi connectivity index (χ3n) is 4.88. The van der Waals surface area contributed by atoms with Gasteiger partial charge in [0.2, 0.25) is 5.91 Å². The number of H-pyrrole nitrogens is 1. The Hall–Kier alpha value is -2.86. The lowest BCUT2D eigenvalue weighted by molar-refractivity contribution is -0.125. The van der Waals surface area contributed by atoms with E-state index in [2.05, 4.69) is 15.5 Å². The van der Waals surface area contributed by atoms with Crippen LogP contribution in [0.1, 0.15) is 28.8 Å². The molecule has 7 heteroatoms. The van der Waals surface area contributed by atoms with Gasteiger partial charge in [0.1, 0.15) is 6.04 Å². The molecule has 0 aliphatic carbocycles. The molecule has 6 nitrogen and oxygen atoms in total. The molecule has 2 heterocycles. The molecule has 0 spiro atoms. The number of rotatable bonds is 4. The first-order valence-electron chi connectivity index (χ1n) is 8.88. The summed E-state index contributed by atoms with van der Waals surface area (Å²) in [6.45, 7) is 0.997. The van der Waals surface area contributed by atoms with Crippen LogP contribution in [0.5, 0.6) is 0 Å². The van der Waals surface area contributed by atoms with Gasteiger partial charge in [-0.15, -0.1) is 0 Å². The molecular formula is C20H19ClN4O2. The zero-order valence-corrected chi connectivity index (χ0v) is 15.4. The van der Waals surface area contributed by atoms with Crippen molar-refractivity contribution < 1.29 is 9.59 Å². The number of aromatic amines is 1. The van der Waals surface area contributed by atoms with Crippen molar-refractivity contribution in [1.29, 1.82) is 0 Å². The van der Waals surface area contributed by atoms with Crippen molar-refractivity contribution in [2.75, 3.05) is 6.54 Å². The van der Waals surface area contributed by atoms with Crippen molar-refractivity contribution in [3.63, 3.8) is 0 Å². The lowest BCUT2D eigenvalue weighted by Crippen LogP contribution is -2.45. The monoisotopic (exact) mass is 382 g/mol. The molecule has 27 heavy (non-hydrogen) atoms. The Morgan fingerprint density at radius 3 is 2.85 bits per heavy atom. The molecule has 1 aliphatic heterocycles. The minimum atomic E-state index is -0.440. The Morgan fingerprint density at radius 1 is 1.22 bits per heavy atom. The maximum absolute atomic E-state index is 12.9. The van der Waals surface area contributed by atoms with Gasteiger partial charge in [-0.1, -0.05) is 23.7 Å². The maximum atomic E-state index is 12.9. The molecular weight excluding hydrogens is 364 g/mol. The SMILES string of the molecule is O=C(NCc1ccc(Cl)cc1)[C@@H]1CCCN1C(=O)c1ccc2[nH]ncc2c1. The molecule has 0 unspecified atom stereocenters. The Balaban J connectivity index is 1.45. The number of nitrogens with zero attached hydrogens (tertiary/aromatic N) is 2. The Bertz CT molecular complexity index is 983. The number of hydrogen-bond donors (Lipinski definition) is 2. The molecule has 2 N–H and O–H groups in total. The number of carbonyl (C=O) groups excluding carboxylic acids is 2. The predicted octanol–water partition coefficient (Wildman–Crippen LogP) is 3.14.